The van der Waals surface area contributed by atoms with Crippen molar-refractivity contribution in [3.63, 3.8) is 0 Å². The van der Waals surface area contributed by atoms with Crippen LogP contribution >= 0.6 is 15.9 Å². The van der Waals surface area contributed by atoms with Gasteiger partial charge in [-0.25, -0.2) is 15.8 Å². The molecule has 3 N–H and O–H groups in total. The predicted molar refractivity (Wildman–Crippen MR) is 60.8 cm³/mol. The van der Waals surface area contributed by atoms with Crippen molar-refractivity contribution < 1.29 is 0 Å². The van der Waals surface area contributed by atoms with E-state index in [2.05, 4.69) is 36.3 Å². The summed E-state index contributed by atoms with van der Waals surface area (Å²) in [5.74, 6) is 6.35. The Morgan fingerprint density at radius 3 is 2.73 bits per heavy atom. The number of rotatable bonds is 2. The molecule has 2 aromatic rings. The maximum Gasteiger partial charge on any atom is 0.180 e. The Balaban J connectivity index is 2.40. The van der Waals surface area contributed by atoms with Gasteiger partial charge in [0.15, 0.2) is 5.82 Å². The van der Waals surface area contributed by atoms with Crippen molar-refractivity contribution >= 4 is 21.7 Å². The summed E-state index contributed by atoms with van der Waals surface area (Å²) in [6, 6.07) is 5.40. The largest absolute Gasteiger partial charge is 0.308 e. The molecule has 0 unspecified atom stereocenters. The van der Waals surface area contributed by atoms with Gasteiger partial charge in [-0.3, -0.25) is 4.98 Å². The summed E-state index contributed by atoms with van der Waals surface area (Å²) in [4.78, 5) is 12.5. The molecule has 0 aliphatic rings. The number of nitrogens with one attached hydrogen (secondary N) is 1. The summed E-state index contributed by atoms with van der Waals surface area (Å²) in [5.41, 5.74) is 3.16. The molecule has 5 nitrogen and oxygen atoms in total. The third kappa shape index (κ3) is 2.28. The van der Waals surface area contributed by atoms with Crippen molar-refractivity contribution in [2.24, 2.45) is 5.84 Å². The maximum absolute atomic E-state index is 5.25. The van der Waals surface area contributed by atoms with E-state index in [1.165, 1.54) is 0 Å². The fourth-order valence-corrected chi connectivity index (χ4v) is 1.31. The number of hydrazine groups is 1. The highest BCUT2D eigenvalue weighted by Gasteiger charge is 2.02. The van der Waals surface area contributed by atoms with Crippen molar-refractivity contribution in [1.82, 2.24) is 15.0 Å². The van der Waals surface area contributed by atoms with Crippen LogP contribution < -0.4 is 11.3 Å². The first-order valence-electron chi connectivity index (χ1n) is 4.21. The summed E-state index contributed by atoms with van der Waals surface area (Å²) in [5, 5.41) is 0. The van der Waals surface area contributed by atoms with E-state index in [-0.39, 0.29) is 0 Å². The molecule has 0 aliphatic heterocycles. The fourth-order valence-electron chi connectivity index (χ4n) is 1.07. The molecular weight excluding hydrogens is 258 g/mol. The van der Waals surface area contributed by atoms with Gasteiger partial charge in [-0.2, -0.15) is 0 Å². The van der Waals surface area contributed by atoms with Gasteiger partial charge in [-0.1, -0.05) is 0 Å². The first-order chi connectivity index (χ1) is 7.29. The van der Waals surface area contributed by atoms with Crippen LogP contribution in [0.15, 0.2) is 35.1 Å². The van der Waals surface area contributed by atoms with E-state index in [9.17, 15) is 0 Å². The molecule has 0 radical (unpaired) electrons. The molecule has 0 aromatic carbocycles. The van der Waals surface area contributed by atoms with Crippen LogP contribution in [0.5, 0.6) is 0 Å². The number of pyridine rings is 1. The smallest absolute Gasteiger partial charge is 0.180 e. The fraction of sp³-hybridized carbons (Fsp3) is 0. The molecule has 15 heavy (non-hydrogen) atoms. The van der Waals surface area contributed by atoms with Crippen molar-refractivity contribution in [3.8, 4) is 11.5 Å². The van der Waals surface area contributed by atoms with E-state index < -0.39 is 0 Å². The van der Waals surface area contributed by atoms with Crippen molar-refractivity contribution in [1.29, 1.82) is 0 Å². The lowest BCUT2D eigenvalue weighted by atomic mass is 10.3. The van der Waals surface area contributed by atoms with Crippen LogP contribution in [0.4, 0.5) is 5.82 Å². The summed E-state index contributed by atoms with van der Waals surface area (Å²) in [6.45, 7) is 0. The molecule has 0 amide bonds. The summed E-state index contributed by atoms with van der Waals surface area (Å²) in [7, 11) is 0. The topological polar surface area (TPSA) is 76.7 Å². The van der Waals surface area contributed by atoms with Crippen LogP contribution in [0, 0.1) is 0 Å². The number of hydrogen-bond donors (Lipinski definition) is 2. The van der Waals surface area contributed by atoms with Crippen molar-refractivity contribution in [2.75, 3.05) is 5.43 Å². The van der Waals surface area contributed by atoms with E-state index in [1.54, 1.807) is 18.5 Å². The number of aromatic nitrogens is 3. The summed E-state index contributed by atoms with van der Waals surface area (Å²) >= 11 is 3.31. The SMILES string of the molecule is NNc1ccnc(-c2ccc(Br)cn2)n1. The number of anilines is 1. The average Bonchev–Trinajstić information content (AvgIpc) is 2.30. The Hall–Kier alpha value is -1.53. The standard InChI is InChI=1S/C9H8BrN5/c10-6-1-2-7(13-5-6)9-12-4-3-8(14-9)15-11/h1-5H,11H2,(H,12,14,15). The number of nitrogen functional groups attached to an aromatic ring is 1. The van der Waals surface area contributed by atoms with Crippen LogP contribution in [0.2, 0.25) is 0 Å². The quantitative estimate of drug-likeness (QED) is 0.637. The van der Waals surface area contributed by atoms with E-state index in [0.29, 0.717) is 17.3 Å². The summed E-state index contributed by atoms with van der Waals surface area (Å²) < 4.78 is 0.916. The van der Waals surface area contributed by atoms with Crippen LogP contribution in [0.1, 0.15) is 0 Å². The third-order valence-corrected chi connectivity index (χ3v) is 2.23. The molecule has 2 heterocycles. The molecule has 0 fully saturated rings. The van der Waals surface area contributed by atoms with Gasteiger partial charge in [0.25, 0.3) is 0 Å². The lowest BCUT2D eigenvalue weighted by Crippen LogP contribution is -2.09. The Morgan fingerprint density at radius 2 is 2.07 bits per heavy atom. The van der Waals surface area contributed by atoms with Crippen molar-refractivity contribution in [3.05, 3.63) is 35.1 Å². The van der Waals surface area contributed by atoms with Gasteiger partial charge < -0.3 is 5.43 Å². The Labute approximate surface area is 94.9 Å². The minimum atomic E-state index is 0.540. The van der Waals surface area contributed by atoms with Crippen LogP contribution in [-0.2, 0) is 0 Å². The second kappa shape index (κ2) is 4.33. The molecule has 0 atom stereocenters. The molecule has 0 saturated carbocycles. The van der Waals surface area contributed by atoms with E-state index in [0.717, 1.165) is 4.47 Å². The number of nitrogens with zero attached hydrogens (tertiary/aromatic N) is 3. The van der Waals surface area contributed by atoms with E-state index >= 15 is 0 Å². The van der Waals surface area contributed by atoms with Gasteiger partial charge in [0, 0.05) is 22.9 Å². The highest BCUT2D eigenvalue weighted by atomic mass is 79.9. The first kappa shape index (κ1) is 10.0. The zero-order valence-corrected chi connectivity index (χ0v) is 9.27. The Kier molecular flexibility index (Phi) is 2.89. The number of nitrogens with two attached hydrogens (primary N) is 1. The normalized spacial score (nSPS) is 10.0. The molecule has 6 heteroatoms. The molecule has 76 valence electrons. The molecule has 0 saturated heterocycles. The van der Waals surface area contributed by atoms with Crippen molar-refractivity contribution in [2.45, 2.75) is 0 Å². The molecule has 0 bridgehead atoms. The zero-order valence-electron chi connectivity index (χ0n) is 7.68. The average molecular weight is 266 g/mol. The van der Waals surface area contributed by atoms with E-state index in [4.69, 9.17) is 5.84 Å². The lowest BCUT2D eigenvalue weighted by Gasteiger charge is -2.01. The Morgan fingerprint density at radius 1 is 1.20 bits per heavy atom. The second-order valence-electron chi connectivity index (χ2n) is 2.77. The summed E-state index contributed by atoms with van der Waals surface area (Å²) in [6.07, 6.45) is 3.32. The van der Waals surface area contributed by atoms with Gasteiger partial charge in [-0.15, -0.1) is 0 Å². The molecular formula is C9H8BrN5. The van der Waals surface area contributed by atoms with E-state index in [1.807, 2.05) is 12.1 Å². The maximum atomic E-state index is 5.25. The van der Waals surface area contributed by atoms with Crippen LogP contribution in [0.3, 0.4) is 0 Å². The number of halogens is 1. The highest BCUT2D eigenvalue weighted by Crippen LogP contribution is 2.15. The number of hydrogen-bond acceptors (Lipinski definition) is 5. The van der Waals surface area contributed by atoms with Crippen LogP contribution in [0.25, 0.3) is 11.5 Å². The monoisotopic (exact) mass is 265 g/mol. The molecule has 0 spiro atoms. The van der Waals surface area contributed by atoms with Gasteiger partial charge in [-0.05, 0) is 28.1 Å². The third-order valence-electron chi connectivity index (χ3n) is 1.76. The predicted octanol–water partition coefficient (Wildman–Crippen LogP) is 1.59. The zero-order chi connectivity index (χ0) is 10.7. The van der Waals surface area contributed by atoms with Crippen LogP contribution in [-0.4, -0.2) is 15.0 Å². The minimum absolute atomic E-state index is 0.540. The molecule has 0 aliphatic carbocycles. The minimum Gasteiger partial charge on any atom is -0.308 e. The van der Waals surface area contributed by atoms with Gasteiger partial charge in [0.1, 0.15) is 11.5 Å². The Bertz CT molecular complexity index is 456. The second-order valence-corrected chi connectivity index (χ2v) is 3.69. The molecule has 2 aromatic heterocycles. The lowest BCUT2D eigenvalue weighted by molar-refractivity contribution is 1.12. The first-order valence-corrected chi connectivity index (χ1v) is 5.00. The van der Waals surface area contributed by atoms with Gasteiger partial charge in [0.05, 0.1) is 0 Å². The van der Waals surface area contributed by atoms with Gasteiger partial charge >= 0.3 is 0 Å². The highest BCUT2D eigenvalue weighted by molar-refractivity contribution is 9.10. The van der Waals surface area contributed by atoms with Gasteiger partial charge in [0.2, 0.25) is 0 Å². The molecule has 2 rings (SSSR count).